The summed E-state index contributed by atoms with van der Waals surface area (Å²) in [4.78, 5) is 0. The van der Waals surface area contributed by atoms with Crippen LogP contribution >= 0.6 is 12.6 Å². The molecule has 1 aliphatic rings. The van der Waals surface area contributed by atoms with Crippen molar-refractivity contribution in [3.8, 4) is 0 Å². The zero-order chi connectivity index (χ0) is 27.1. The second-order valence-corrected chi connectivity index (χ2v) is 12.4. The van der Waals surface area contributed by atoms with E-state index in [1.54, 1.807) is 0 Å². The summed E-state index contributed by atoms with van der Waals surface area (Å²) in [6, 6.07) is 0. The summed E-state index contributed by atoms with van der Waals surface area (Å²) in [5, 5.41) is 10.8. The van der Waals surface area contributed by atoms with Crippen LogP contribution in [0.2, 0.25) is 0 Å². The van der Waals surface area contributed by atoms with Crippen molar-refractivity contribution in [1.82, 2.24) is 0 Å². The summed E-state index contributed by atoms with van der Waals surface area (Å²) in [6.07, 6.45) is 32.2. The van der Waals surface area contributed by atoms with E-state index in [0.29, 0.717) is 0 Å². The first-order chi connectivity index (χ1) is 18.1. The van der Waals surface area contributed by atoms with E-state index in [9.17, 15) is 5.02 Å². The van der Waals surface area contributed by atoms with E-state index in [4.69, 9.17) is 9.31 Å². The van der Waals surface area contributed by atoms with Crippen LogP contribution in [0.4, 0.5) is 0 Å². The minimum Gasteiger partial charge on any atom is -0.402 e. The highest BCUT2D eigenvalue weighted by atomic mass is 32.1. The average molecular weight is 541 g/mol. The first-order valence-electron chi connectivity index (χ1n) is 16.7. The van der Waals surface area contributed by atoms with E-state index in [-0.39, 0.29) is 11.2 Å². The zero-order valence-corrected chi connectivity index (χ0v) is 26.3. The Bertz CT molecular complexity index is 490. The van der Waals surface area contributed by atoms with Gasteiger partial charge in [-0.1, -0.05) is 156 Å². The van der Waals surface area contributed by atoms with Gasteiger partial charge in [-0.2, -0.15) is 12.6 Å². The molecule has 0 bridgehead atoms. The molecule has 1 N–H and O–H groups in total. The topological polar surface area (TPSA) is 38.7 Å². The second-order valence-electron chi connectivity index (χ2n) is 12.0. The predicted molar refractivity (Wildman–Crippen MR) is 167 cm³/mol. The van der Waals surface area contributed by atoms with Crippen molar-refractivity contribution in [2.24, 2.45) is 0 Å². The van der Waals surface area contributed by atoms with Gasteiger partial charge in [0.15, 0.2) is 0 Å². The minimum absolute atomic E-state index is 0.325. The second kappa shape index (κ2) is 23.0. The molecule has 3 nitrogen and oxygen atoms in total. The standard InChI is InChI=1S/C32H65BO3S/c1-4-7-10-13-16-21-26-31(27-22-17-14-11-8-5-2)32(36-33(34)35-31,29-24-19-20-25-30-37)28-23-18-15-12-9-6-3/h34,37H,4-30H2,1-3H3. The summed E-state index contributed by atoms with van der Waals surface area (Å²) in [5.74, 6) is 0.973. The lowest BCUT2D eigenvalue weighted by Gasteiger charge is -2.45. The van der Waals surface area contributed by atoms with Gasteiger partial charge in [0.1, 0.15) is 0 Å². The van der Waals surface area contributed by atoms with Crippen LogP contribution in [0.25, 0.3) is 0 Å². The van der Waals surface area contributed by atoms with Crippen LogP contribution in [0.15, 0.2) is 0 Å². The van der Waals surface area contributed by atoms with Gasteiger partial charge >= 0.3 is 7.32 Å². The highest BCUT2D eigenvalue weighted by Gasteiger charge is 2.60. The zero-order valence-electron chi connectivity index (χ0n) is 25.4. The summed E-state index contributed by atoms with van der Waals surface area (Å²) in [7, 11) is -1.06. The van der Waals surface area contributed by atoms with Crippen molar-refractivity contribution >= 4 is 20.0 Å². The smallest absolute Gasteiger partial charge is 0.402 e. The Morgan fingerprint density at radius 3 is 1.03 bits per heavy atom. The van der Waals surface area contributed by atoms with Crippen molar-refractivity contribution in [1.29, 1.82) is 0 Å². The Morgan fingerprint density at radius 1 is 0.459 bits per heavy atom. The fourth-order valence-corrected chi connectivity index (χ4v) is 6.69. The van der Waals surface area contributed by atoms with Crippen LogP contribution in [0, 0.1) is 0 Å². The third-order valence-corrected chi connectivity index (χ3v) is 9.09. The van der Waals surface area contributed by atoms with Crippen LogP contribution in [0.3, 0.4) is 0 Å². The molecule has 1 rings (SSSR count). The van der Waals surface area contributed by atoms with Gasteiger partial charge in [-0.05, 0) is 37.9 Å². The molecule has 0 aromatic carbocycles. The van der Waals surface area contributed by atoms with Gasteiger partial charge in [-0.25, -0.2) is 0 Å². The molecule has 1 saturated heterocycles. The van der Waals surface area contributed by atoms with Crippen LogP contribution in [0.5, 0.6) is 0 Å². The summed E-state index contributed by atoms with van der Waals surface area (Å²) < 4.78 is 13.0. The maximum atomic E-state index is 10.8. The van der Waals surface area contributed by atoms with Gasteiger partial charge < -0.3 is 14.3 Å². The molecule has 37 heavy (non-hydrogen) atoms. The maximum absolute atomic E-state index is 10.8. The van der Waals surface area contributed by atoms with E-state index in [1.165, 1.54) is 135 Å². The molecular formula is C32H65BO3S. The van der Waals surface area contributed by atoms with Crippen molar-refractivity contribution in [3.63, 3.8) is 0 Å². The predicted octanol–water partition coefficient (Wildman–Crippen LogP) is 10.6. The molecule has 0 amide bonds. The highest BCUT2D eigenvalue weighted by molar-refractivity contribution is 7.80. The molecule has 1 aliphatic heterocycles. The van der Waals surface area contributed by atoms with E-state index in [2.05, 4.69) is 33.4 Å². The molecular weight excluding hydrogens is 475 g/mol. The van der Waals surface area contributed by atoms with E-state index < -0.39 is 7.32 Å². The lowest BCUT2D eigenvalue weighted by Crippen LogP contribution is -2.52. The number of hydrogen-bond acceptors (Lipinski definition) is 4. The van der Waals surface area contributed by atoms with E-state index >= 15 is 0 Å². The molecule has 0 saturated carbocycles. The van der Waals surface area contributed by atoms with Crippen LogP contribution in [-0.4, -0.2) is 29.3 Å². The molecule has 0 aromatic rings. The molecule has 1 heterocycles. The number of thiol groups is 1. The third kappa shape index (κ3) is 14.5. The summed E-state index contributed by atoms with van der Waals surface area (Å²) >= 11 is 4.41. The molecule has 1 fully saturated rings. The number of hydrogen-bond donors (Lipinski definition) is 2. The number of unbranched alkanes of at least 4 members (excludes halogenated alkanes) is 18. The van der Waals surface area contributed by atoms with Crippen molar-refractivity contribution in [3.05, 3.63) is 0 Å². The average Bonchev–Trinajstić information content (AvgIpc) is 3.16. The summed E-state index contributed by atoms with van der Waals surface area (Å²) in [6.45, 7) is 6.85. The Labute approximate surface area is 238 Å². The van der Waals surface area contributed by atoms with E-state index in [0.717, 1.165) is 37.9 Å². The Morgan fingerprint density at radius 2 is 0.730 bits per heavy atom. The molecule has 220 valence electrons. The van der Waals surface area contributed by atoms with Gasteiger partial charge in [0.2, 0.25) is 0 Å². The molecule has 0 spiro atoms. The monoisotopic (exact) mass is 540 g/mol. The normalized spacial score (nSPS) is 19.2. The van der Waals surface area contributed by atoms with Crippen LogP contribution in [-0.2, 0) is 9.31 Å². The molecule has 5 heteroatoms. The highest BCUT2D eigenvalue weighted by Crippen LogP contribution is 2.50. The Hall–Kier alpha value is 0.295. The first-order valence-corrected chi connectivity index (χ1v) is 17.4. The maximum Gasteiger partial charge on any atom is 0.637 e. The molecule has 0 aliphatic carbocycles. The summed E-state index contributed by atoms with van der Waals surface area (Å²) in [5.41, 5.74) is -0.653. The van der Waals surface area contributed by atoms with Gasteiger partial charge in [-0.3, -0.25) is 0 Å². The lowest BCUT2D eigenvalue weighted by atomic mass is 9.70. The minimum atomic E-state index is -1.06. The third-order valence-electron chi connectivity index (χ3n) is 8.77. The van der Waals surface area contributed by atoms with E-state index in [1.807, 2.05) is 0 Å². The van der Waals surface area contributed by atoms with Crippen molar-refractivity contribution in [2.45, 2.75) is 199 Å². The fourth-order valence-electron chi connectivity index (χ4n) is 6.47. The SMILES string of the molecule is CCCCCCCCC1(CCCCCCS)OB(O)OC1(CCCCCCCC)CCCCCCCC. The van der Waals surface area contributed by atoms with Gasteiger partial charge in [-0.15, -0.1) is 0 Å². The van der Waals surface area contributed by atoms with Crippen LogP contribution < -0.4 is 0 Å². The van der Waals surface area contributed by atoms with Gasteiger partial charge in [0.25, 0.3) is 0 Å². The largest absolute Gasteiger partial charge is 0.637 e. The fraction of sp³-hybridized carbons (Fsp3) is 1.00. The molecule has 1 atom stereocenters. The van der Waals surface area contributed by atoms with Gasteiger partial charge in [0, 0.05) is 0 Å². The lowest BCUT2D eigenvalue weighted by molar-refractivity contribution is -0.0769. The van der Waals surface area contributed by atoms with Crippen LogP contribution in [0.1, 0.15) is 188 Å². The molecule has 0 radical (unpaired) electrons. The quantitative estimate of drug-likeness (QED) is 0.0618. The number of rotatable bonds is 27. The molecule has 0 aromatic heterocycles. The Balaban J connectivity index is 2.94. The molecule has 1 unspecified atom stereocenters. The Kier molecular flexibility index (Phi) is 22.0. The van der Waals surface area contributed by atoms with Gasteiger partial charge in [0.05, 0.1) is 11.2 Å². The van der Waals surface area contributed by atoms with Crippen molar-refractivity contribution in [2.75, 3.05) is 5.75 Å². The van der Waals surface area contributed by atoms with Crippen molar-refractivity contribution < 1.29 is 14.3 Å². The first kappa shape index (κ1) is 35.3.